The van der Waals surface area contributed by atoms with Crippen LogP contribution in [0.4, 0.5) is 0 Å². The normalized spacial score (nSPS) is 11.6. The van der Waals surface area contributed by atoms with Gasteiger partial charge >= 0.3 is 5.97 Å². The SMILES string of the molecule is CC(C)(C)OC(=O)CCOCCOCCOCCI. The van der Waals surface area contributed by atoms with Gasteiger partial charge in [-0.25, -0.2) is 0 Å². The zero-order chi connectivity index (χ0) is 14.6. The van der Waals surface area contributed by atoms with Gasteiger partial charge in [0.1, 0.15) is 5.60 Å². The molecule has 0 saturated carbocycles. The Bertz CT molecular complexity index is 228. The van der Waals surface area contributed by atoms with E-state index in [0.29, 0.717) is 33.0 Å². The standard InChI is InChI=1S/C13H25IO5/c1-13(2,3)19-12(15)4-6-16-8-10-18-11-9-17-7-5-14/h4-11H2,1-3H3. The van der Waals surface area contributed by atoms with Crippen LogP contribution in [0.3, 0.4) is 0 Å². The van der Waals surface area contributed by atoms with Gasteiger partial charge in [-0.1, -0.05) is 22.6 Å². The van der Waals surface area contributed by atoms with Gasteiger partial charge in [0.05, 0.1) is 46.1 Å². The Hall–Kier alpha value is 0.0800. The maximum atomic E-state index is 11.3. The first-order chi connectivity index (χ1) is 8.95. The van der Waals surface area contributed by atoms with E-state index in [1.54, 1.807) is 0 Å². The van der Waals surface area contributed by atoms with Crippen LogP contribution in [0.1, 0.15) is 27.2 Å². The molecule has 0 aliphatic carbocycles. The second-order valence-corrected chi connectivity index (χ2v) is 5.94. The number of esters is 1. The van der Waals surface area contributed by atoms with Crippen LogP contribution in [-0.2, 0) is 23.7 Å². The molecule has 0 aliphatic heterocycles. The summed E-state index contributed by atoms with van der Waals surface area (Å²) in [4.78, 5) is 11.3. The van der Waals surface area contributed by atoms with Crippen LogP contribution in [0.15, 0.2) is 0 Å². The van der Waals surface area contributed by atoms with Crippen molar-refractivity contribution in [3.63, 3.8) is 0 Å². The van der Waals surface area contributed by atoms with Crippen molar-refractivity contribution in [2.45, 2.75) is 32.8 Å². The monoisotopic (exact) mass is 388 g/mol. The summed E-state index contributed by atoms with van der Waals surface area (Å²) in [6.07, 6.45) is 0.274. The van der Waals surface area contributed by atoms with Crippen LogP contribution in [0.2, 0.25) is 0 Å². The molecule has 0 aromatic rings. The third-order valence-electron chi connectivity index (χ3n) is 1.84. The molecule has 0 aromatic heterocycles. The van der Waals surface area contributed by atoms with E-state index in [1.807, 2.05) is 20.8 Å². The van der Waals surface area contributed by atoms with Crippen LogP contribution < -0.4 is 0 Å². The lowest BCUT2D eigenvalue weighted by atomic mass is 10.2. The first kappa shape index (κ1) is 19.1. The molecule has 0 rings (SSSR count). The fraction of sp³-hybridized carbons (Fsp3) is 0.923. The maximum Gasteiger partial charge on any atom is 0.308 e. The van der Waals surface area contributed by atoms with Gasteiger partial charge in [0.25, 0.3) is 0 Å². The highest BCUT2D eigenvalue weighted by atomic mass is 127. The summed E-state index contributed by atoms with van der Waals surface area (Å²) >= 11 is 2.26. The van der Waals surface area contributed by atoms with E-state index in [9.17, 15) is 4.79 Å². The number of ether oxygens (including phenoxy) is 4. The van der Waals surface area contributed by atoms with E-state index in [0.717, 1.165) is 11.0 Å². The van der Waals surface area contributed by atoms with Crippen LogP contribution >= 0.6 is 22.6 Å². The third kappa shape index (κ3) is 16.0. The topological polar surface area (TPSA) is 54.0 Å². The molecule has 6 heteroatoms. The van der Waals surface area contributed by atoms with Crippen molar-refractivity contribution in [2.75, 3.05) is 44.1 Å². The highest BCUT2D eigenvalue weighted by molar-refractivity contribution is 14.1. The summed E-state index contributed by atoms with van der Waals surface area (Å²) in [5.74, 6) is -0.236. The number of carbonyl (C=O) groups excluding carboxylic acids is 1. The van der Waals surface area contributed by atoms with Gasteiger partial charge in [0.2, 0.25) is 0 Å². The van der Waals surface area contributed by atoms with Crippen molar-refractivity contribution in [1.29, 1.82) is 0 Å². The molecule has 0 bridgehead atoms. The lowest BCUT2D eigenvalue weighted by Gasteiger charge is -2.19. The first-order valence-corrected chi connectivity index (χ1v) is 7.99. The number of alkyl halides is 1. The minimum absolute atomic E-state index is 0.236. The Balaban J connectivity index is 3.21. The summed E-state index contributed by atoms with van der Waals surface area (Å²) < 4.78 is 22.0. The van der Waals surface area contributed by atoms with Gasteiger partial charge in [-0.2, -0.15) is 0 Å². The molecule has 0 fully saturated rings. The Morgan fingerprint density at radius 1 is 0.895 bits per heavy atom. The van der Waals surface area contributed by atoms with Crippen molar-refractivity contribution >= 4 is 28.6 Å². The molecule has 0 N–H and O–H groups in total. The van der Waals surface area contributed by atoms with Gasteiger partial charge in [-0.15, -0.1) is 0 Å². The molecular formula is C13H25IO5. The van der Waals surface area contributed by atoms with E-state index >= 15 is 0 Å². The van der Waals surface area contributed by atoms with Gasteiger partial charge in [0.15, 0.2) is 0 Å². The van der Waals surface area contributed by atoms with E-state index in [2.05, 4.69) is 22.6 Å². The quantitative estimate of drug-likeness (QED) is 0.235. The molecule has 0 aromatic carbocycles. The lowest BCUT2D eigenvalue weighted by Crippen LogP contribution is -2.24. The molecule has 0 amide bonds. The largest absolute Gasteiger partial charge is 0.460 e. The van der Waals surface area contributed by atoms with Crippen molar-refractivity contribution < 1.29 is 23.7 Å². The summed E-state index contributed by atoms with van der Waals surface area (Å²) in [7, 11) is 0. The number of hydrogen-bond acceptors (Lipinski definition) is 5. The summed E-state index contributed by atoms with van der Waals surface area (Å²) in [5.41, 5.74) is -0.432. The molecule has 0 radical (unpaired) electrons. The predicted octanol–water partition coefficient (Wildman–Crippen LogP) is 2.20. The average Bonchev–Trinajstić information content (AvgIpc) is 2.29. The molecule has 114 valence electrons. The van der Waals surface area contributed by atoms with Gasteiger partial charge in [0, 0.05) is 4.43 Å². The lowest BCUT2D eigenvalue weighted by molar-refractivity contribution is -0.156. The van der Waals surface area contributed by atoms with Crippen molar-refractivity contribution in [3.8, 4) is 0 Å². The second kappa shape index (κ2) is 11.9. The number of hydrogen-bond donors (Lipinski definition) is 0. The predicted molar refractivity (Wildman–Crippen MR) is 81.8 cm³/mol. The highest BCUT2D eigenvalue weighted by Gasteiger charge is 2.15. The van der Waals surface area contributed by atoms with Crippen LogP contribution in [0.25, 0.3) is 0 Å². The van der Waals surface area contributed by atoms with Crippen molar-refractivity contribution in [3.05, 3.63) is 0 Å². The number of carbonyl (C=O) groups is 1. The van der Waals surface area contributed by atoms with E-state index in [-0.39, 0.29) is 12.4 Å². The Morgan fingerprint density at radius 3 is 1.84 bits per heavy atom. The Kier molecular flexibility index (Phi) is 11.9. The molecule has 0 saturated heterocycles. The zero-order valence-electron chi connectivity index (χ0n) is 12.1. The third-order valence-corrected chi connectivity index (χ3v) is 2.28. The molecule has 0 aliphatic rings. The van der Waals surface area contributed by atoms with Crippen molar-refractivity contribution in [2.24, 2.45) is 0 Å². The molecule has 0 spiro atoms. The smallest absolute Gasteiger partial charge is 0.308 e. The number of halogens is 1. The summed E-state index contributed by atoms with van der Waals surface area (Å²) in [6.45, 7) is 8.85. The minimum Gasteiger partial charge on any atom is -0.460 e. The van der Waals surface area contributed by atoms with E-state index in [4.69, 9.17) is 18.9 Å². The minimum atomic E-state index is -0.432. The van der Waals surface area contributed by atoms with Crippen molar-refractivity contribution in [1.82, 2.24) is 0 Å². The van der Waals surface area contributed by atoms with Gasteiger partial charge in [-0.3, -0.25) is 4.79 Å². The van der Waals surface area contributed by atoms with Crippen LogP contribution in [0, 0.1) is 0 Å². The maximum absolute atomic E-state index is 11.3. The highest BCUT2D eigenvalue weighted by Crippen LogP contribution is 2.07. The molecule has 0 unspecified atom stereocenters. The van der Waals surface area contributed by atoms with E-state index < -0.39 is 5.60 Å². The van der Waals surface area contributed by atoms with Crippen LogP contribution in [-0.4, -0.2) is 55.6 Å². The average molecular weight is 388 g/mol. The molecule has 19 heavy (non-hydrogen) atoms. The van der Waals surface area contributed by atoms with Gasteiger partial charge in [-0.05, 0) is 20.8 Å². The van der Waals surface area contributed by atoms with E-state index in [1.165, 1.54) is 0 Å². The molecule has 5 nitrogen and oxygen atoms in total. The summed E-state index contributed by atoms with van der Waals surface area (Å²) in [5, 5.41) is 0. The Labute approximate surface area is 129 Å². The fourth-order valence-corrected chi connectivity index (χ4v) is 1.46. The molecule has 0 heterocycles. The second-order valence-electron chi connectivity index (χ2n) is 4.86. The molecular weight excluding hydrogens is 363 g/mol. The van der Waals surface area contributed by atoms with Gasteiger partial charge < -0.3 is 18.9 Å². The zero-order valence-corrected chi connectivity index (χ0v) is 14.2. The first-order valence-electron chi connectivity index (χ1n) is 6.47. The number of rotatable bonds is 11. The summed E-state index contributed by atoms with van der Waals surface area (Å²) in [6, 6.07) is 0. The molecule has 0 atom stereocenters. The fourth-order valence-electron chi connectivity index (χ4n) is 1.14. The Morgan fingerprint density at radius 2 is 1.37 bits per heavy atom. The van der Waals surface area contributed by atoms with Crippen LogP contribution in [0.5, 0.6) is 0 Å².